The van der Waals surface area contributed by atoms with Crippen LogP contribution in [-0.2, 0) is 11.8 Å². The van der Waals surface area contributed by atoms with Crippen LogP contribution in [0.25, 0.3) is 0 Å². The maximum absolute atomic E-state index is 3.50. The molecule has 2 heteroatoms. The van der Waals surface area contributed by atoms with Gasteiger partial charge in [0.1, 0.15) is 0 Å². The summed E-state index contributed by atoms with van der Waals surface area (Å²) in [5.74, 6) is 1.78. The molecule has 0 spiro atoms. The maximum Gasteiger partial charge on any atom is 0.0343 e. The lowest BCUT2D eigenvalue weighted by molar-refractivity contribution is 0.0284. The van der Waals surface area contributed by atoms with Gasteiger partial charge in [-0.1, -0.05) is 19.9 Å². The van der Waals surface area contributed by atoms with E-state index in [1.54, 1.807) is 11.1 Å². The normalized spacial score (nSPS) is 34.3. The Kier molecular flexibility index (Phi) is 3.48. The molecule has 2 bridgehead atoms. The highest BCUT2D eigenvalue weighted by molar-refractivity contribution is 5.53. The molecule has 1 saturated heterocycles. The van der Waals surface area contributed by atoms with Crippen molar-refractivity contribution in [3.8, 4) is 0 Å². The van der Waals surface area contributed by atoms with Crippen molar-refractivity contribution in [3.63, 3.8) is 0 Å². The van der Waals surface area contributed by atoms with Crippen molar-refractivity contribution >= 4 is 5.69 Å². The molecule has 22 heavy (non-hydrogen) atoms. The Balaban J connectivity index is 1.67. The topological polar surface area (TPSA) is 15.3 Å². The summed E-state index contributed by atoms with van der Waals surface area (Å²) in [6.45, 7) is 10.9. The predicted octanol–water partition coefficient (Wildman–Crippen LogP) is 4.05. The molecule has 2 aliphatic carbocycles. The van der Waals surface area contributed by atoms with Gasteiger partial charge in [-0.2, -0.15) is 0 Å². The van der Waals surface area contributed by atoms with E-state index in [1.165, 1.54) is 44.5 Å². The summed E-state index contributed by atoms with van der Waals surface area (Å²) in [5, 5.41) is 3.50. The Hall–Kier alpha value is -1.02. The number of benzene rings is 1. The molecule has 2 fully saturated rings. The molecular formula is C20H30N2. The van der Waals surface area contributed by atoms with Crippen molar-refractivity contribution in [3.05, 3.63) is 29.3 Å². The fraction of sp³-hybridized carbons (Fsp3) is 0.700. The van der Waals surface area contributed by atoms with E-state index in [1.807, 2.05) is 0 Å². The van der Waals surface area contributed by atoms with E-state index in [0.717, 1.165) is 24.4 Å². The first-order valence-corrected chi connectivity index (χ1v) is 9.23. The fourth-order valence-corrected chi connectivity index (χ4v) is 4.88. The largest absolute Gasteiger partial charge is 0.385 e. The predicted molar refractivity (Wildman–Crippen MR) is 93.5 cm³/mol. The molecule has 1 aromatic rings. The van der Waals surface area contributed by atoms with Crippen molar-refractivity contribution in [1.29, 1.82) is 0 Å². The second kappa shape index (κ2) is 5.26. The van der Waals surface area contributed by atoms with Crippen LogP contribution < -0.4 is 5.32 Å². The molecule has 4 rings (SSSR count). The molecule has 1 aromatic carbocycles. The van der Waals surface area contributed by atoms with E-state index >= 15 is 0 Å². The third-order valence-corrected chi connectivity index (χ3v) is 6.69. The van der Waals surface area contributed by atoms with Gasteiger partial charge < -0.3 is 5.32 Å². The summed E-state index contributed by atoms with van der Waals surface area (Å²) in [5.41, 5.74) is 4.89. The van der Waals surface area contributed by atoms with Gasteiger partial charge in [0.2, 0.25) is 0 Å². The molecule has 1 saturated carbocycles. The molecule has 1 N–H and O–H groups in total. The van der Waals surface area contributed by atoms with Crippen molar-refractivity contribution < 1.29 is 0 Å². The van der Waals surface area contributed by atoms with Gasteiger partial charge in [-0.25, -0.2) is 0 Å². The van der Waals surface area contributed by atoms with Gasteiger partial charge in [-0.05, 0) is 79.7 Å². The molecule has 3 aliphatic rings. The van der Waals surface area contributed by atoms with Crippen LogP contribution in [0.3, 0.4) is 0 Å². The smallest absolute Gasteiger partial charge is 0.0343 e. The first-order chi connectivity index (χ1) is 10.6. The SMILES string of the molecule is CCNc1ccc2c(c1)[C@]1(C)CCN(CC3CC3)[C@H](C2)[C@H]1C. The zero-order chi connectivity index (χ0) is 15.3. The fourth-order valence-electron chi connectivity index (χ4n) is 4.88. The number of rotatable bonds is 4. The third kappa shape index (κ3) is 2.27. The van der Waals surface area contributed by atoms with Crippen molar-refractivity contribution in [2.75, 3.05) is 25.0 Å². The van der Waals surface area contributed by atoms with Crippen molar-refractivity contribution in [2.45, 2.75) is 57.9 Å². The molecule has 2 nitrogen and oxygen atoms in total. The van der Waals surface area contributed by atoms with Crippen LogP contribution >= 0.6 is 0 Å². The first-order valence-electron chi connectivity index (χ1n) is 9.23. The van der Waals surface area contributed by atoms with E-state index < -0.39 is 0 Å². The van der Waals surface area contributed by atoms with Crippen molar-refractivity contribution in [1.82, 2.24) is 4.90 Å². The van der Waals surface area contributed by atoms with Gasteiger partial charge in [0.05, 0.1) is 0 Å². The number of nitrogens with one attached hydrogen (secondary N) is 1. The Bertz CT molecular complexity index is 563. The summed E-state index contributed by atoms with van der Waals surface area (Å²) in [7, 11) is 0. The quantitative estimate of drug-likeness (QED) is 0.902. The van der Waals surface area contributed by atoms with Gasteiger partial charge in [-0.15, -0.1) is 0 Å². The van der Waals surface area contributed by atoms with E-state index in [-0.39, 0.29) is 0 Å². The lowest BCUT2D eigenvalue weighted by atomic mass is 9.59. The number of hydrogen-bond donors (Lipinski definition) is 1. The molecule has 1 aliphatic heterocycles. The number of hydrogen-bond acceptors (Lipinski definition) is 2. The van der Waals surface area contributed by atoms with Crippen LogP contribution in [0.1, 0.15) is 51.2 Å². The highest BCUT2D eigenvalue weighted by Gasteiger charge is 2.48. The molecule has 0 amide bonds. The molecule has 0 radical (unpaired) electrons. The Morgan fingerprint density at radius 2 is 2.14 bits per heavy atom. The lowest BCUT2D eigenvalue weighted by Gasteiger charge is -2.55. The highest BCUT2D eigenvalue weighted by atomic mass is 15.2. The van der Waals surface area contributed by atoms with Gasteiger partial charge in [0.15, 0.2) is 0 Å². The molecular weight excluding hydrogens is 268 g/mol. The Morgan fingerprint density at radius 3 is 2.86 bits per heavy atom. The molecule has 0 aromatic heterocycles. The third-order valence-electron chi connectivity index (χ3n) is 6.69. The average molecular weight is 298 g/mol. The summed E-state index contributed by atoms with van der Waals surface area (Å²) >= 11 is 0. The minimum atomic E-state index is 0.365. The monoisotopic (exact) mass is 298 g/mol. The summed E-state index contributed by atoms with van der Waals surface area (Å²) in [6, 6.07) is 7.88. The van der Waals surface area contributed by atoms with Crippen LogP contribution in [0.2, 0.25) is 0 Å². The second-order valence-corrected chi connectivity index (χ2v) is 8.07. The van der Waals surface area contributed by atoms with Crippen LogP contribution in [0, 0.1) is 11.8 Å². The number of anilines is 1. The zero-order valence-corrected chi connectivity index (χ0v) is 14.4. The number of fused-ring (bicyclic) bond motifs is 4. The lowest BCUT2D eigenvalue weighted by Crippen LogP contribution is -2.58. The molecule has 0 unspecified atom stereocenters. The van der Waals surface area contributed by atoms with E-state index in [0.29, 0.717) is 5.41 Å². The Morgan fingerprint density at radius 1 is 1.32 bits per heavy atom. The average Bonchev–Trinajstić information content (AvgIpc) is 3.31. The van der Waals surface area contributed by atoms with E-state index in [2.05, 4.69) is 49.2 Å². The number of piperidine rings is 1. The maximum atomic E-state index is 3.50. The summed E-state index contributed by atoms with van der Waals surface area (Å²) in [4.78, 5) is 2.82. The van der Waals surface area contributed by atoms with Gasteiger partial charge in [0.25, 0.3) is 0 Å². The van der Waals surface area contributed by atoms with Crippen LogP contribution in [-0.4, -0.2) is 30.6 Å². The van der Waals surface area contributed by atoms with E-state index in [4.69, 9.17) is 0 Å². The van der Waals surface area contributed by atoms with Crippen LogP contribution in [0.5, 0.6) is 0 Å². The van der Waals surface area contributed by atoms with Crippen LogP contribution in [0.15, 0.2) is 18.2 Å². The Labute approximate surface area is 135 Å². The first kappa shape index (κ1) is 14.6. The minimum absolute atomic E-state index is 0.365. The summed E-state index contributed by atoms with van der Waals surface area (Å²) < 4.78 is 0. The number of likely N-dealkylation sites (tertiary alicyclic amines) is 1. The standard InChI is InChI=1S/C20H30N2/c1-4-21-17-8-7-16-11-19-14(2)20(3,18(16)12-17)9-10-22(19)13-15-5-6-15/h7-8,12,14-15,19,21H,4-6,9-11,13H2,1-3H3/t14-,19-,20-/m1/s1. The molecule has 120 valence electrons. The van der Waals surface area contributed by atoms with Gasteiger partial charge >= 0.3 is 0 Å². The van der Waals surface area contributed by atoms with E-state index in [9.17, 15) is 0 Å². The zero-order valence-electron chi connectivity index (χ0n) is 14.4. The minimum Gasteiger partial charge on any atom is -0.385 e. The summed E-state index contributed by atoms with van der Waals surface area (Å²) in [6.07, 6.45) is 5.51. The molecule has 1 heterocycles. The number of nitrogens with zero attached hydrogens (tertiary/aromatic N) is 1. The van der Waals surface area contributed by atoms with Crippen molar-refractivity contribution in [2.24, 2.45) is 11.8 Å². The molecule has 3 atom stereocenters. The van der Waals surface area contributed by atoms with Gasteiger partial charge in [-0.3, -0.25) is 4.90 Å². The van der Waals surface area contributed by atoms with Gasteiger partial charge in [0, 0.05) is 24.8 Å². The van der Waals surface area contributed by atoms with Crippen LogP contribution in [0.4, 0.5) is 5.69 Å². The highest BCUT2D eigenvalue weighted by Crippen LogP contribution is 2.49. The second-order valence-electron chi connectivity index (χ2n) is 8.07.